The lowest BCUT2D eigenvalue weighted by Gasteiger charge is -2.08. The van der Waals surface area contributed by atoms with E-state index in [1.54, 1.807) is 11.4 Å². The summed E-state index contributed by atoms with van der Waals surface area (Å²) < 4.78 is 40.4. The lowest BCUT2D eigenvalue weighted by atomic mass is 10.3. The van der Waals surface area contributed by atoms with Crippen molar-refractivity contribution < 1.29 is 22.7 Å². The molecule has 0 aliphatic carbocycles. The van der Waals surface area contributed by atoms with Crippen LogP contribution in [-0.2, 0) is 4.79 Å². The molecule has 0 atom stereocenters. The first kappa shape index (κ1) is 11.4. The summed E-state index contributed by atoms with van der Waals surface area (Å²) in [6.07, 6.45) is -4.89. The maximum atomic E-state index is 11.9. The van der Waals surface area contributed by atoms with Crippen LogP contribution in [0.1, 0.15) is 0 Å². The number of halogens is 3. The molecule has 3 nitrogen and oxygen atoms in total. The number of benzene rings is 1. The molecule has 0 bridgehead atoms. The Bertz CT molecular complexity index is 363. The van der Waals surface area contributed by atoms with E-state index in [1.807, 2.05) is 0 Å². The van der Waals surface area contributed by atoms with E-state index in [1.165, 1.54) is 25.3 Å². The van der Waals surface area contributed by atoms with Crippen LogP contribution in [0.15, 0.2) is 24.3 Å². The molecular weight excluding hydrogens is 211 g/mol. The maximum Gasteiger partial charge on any atom is 0.471 e. The lowest BCUT2D eigenvalue weighted by molar-refractivity contribution is -0.167. The molecule has 0 unspecified atom stereocenters. The summed E-state index contributed by atoms with van der Waals surface area (Å²) in [5.41, 5.74) is 0.0386. The zero-order chi connectivity index (χ0) is 11.5. The Morgan fingerprint density at radius 2 is 2.07 bits per heavy atom. The number of hydrogen-bond donors (Lipinski definition) is 1. The average molecular weight is 219 g/mol. The van der Waals surface area contributed by atoms with Crippen molar-refractivity contribution in [3.05, 3.63) is 24.3 Å². The van der Waals surface area contributed by atoms with Gasteiger partial charge in [-0.15, -0.1) is 0 Å². The molecule has 6 heteroatoms. The molecule has 0 saturated carbocycles. The maximum absolute atomic E-state index is 11.9. The fraction of sp³-hybridized carbons (Fsp3) is 0.222. The summed E-state index contributed by atoms with van der Waals surface area (Å²) in [5, 5.41) is 1.71. The minimum absolute atomic E-state index is 0.0386. The largest absolute Gasteiger partial charge is 0.497 e. The van der Waals surface area contributed by atoms with Gasteiger partial charge in [0.15, 0.2) is 0 Å². The SMILES string of the molecule is COc1cccc(NC(=O)C(F)(F)F)c1. The Hall–Kier alpha value is -1.72. The highest BCUT2D eigenvalue weighted by Gasteiger charge is 2.38. The van der Waals surface area contributed by atoms with Crippen molar-refractivity contribution >= 4 is 11.6 Å². The average Bonchev–Trinajstić information content (AvgIpc) is 2.16. The van der Waals surface area contributed by atoms with Crippen molar-refractivity contribution in [1.29, 1.82) is 0 Å². The molecule has 0 heterocycles. The van der Waals surface area contributed by atoms with Crippen molar-refractivity contribution in [3.8, 4) is 5.75 Å². The quantitative estimate of drug-likeness (QED) is 0.827. The molecule has 1 aromatic carbocycles. The van der Waals surface area contributed by atoms with E-state index >= 15 is 0 Å². The van der Waals surface area contributed by atoms with E-state index in [-0.39, 0.29) is 5.69 Å². The Labute approximate surface area is 83.8 Å². The minimum atomic E-state index is -4.89. The normalized spacial score (nSPS) is 10.9. The molecule has 1 N–H and O–H groups in total. The molecule has 0 radical (unpaired) electrons. The molecular formula is C9H8F3NO2. The summed E-state index contributed by atoms with van der Waals surface area (Å²) in [7, 11) is 1.38. The number of carbonyl (C=O) groups excluding carboxylic acids is 1. The van der Waals surface area contributed by atoms with Crippen LogP contribution in [0.3, 0.4) is 0 Å². The first-order valence-corrected chi connectivity index (χ1v) is 3.95. The summed E-state index contributed by atoms with van der Waals surface area (Å²) in [5.74, 6) is -1.63. The topological polar surface area (TPSA) is 38.3 Å². The highest BCUT2D eigenvalue weighted by atomic mass is 19.4. The lowest BCUT2D eigenvalue weighted by Crippen LogP contribution is -2.29. The van der Waals surface area contributed by atoms with E-state index in [0.717, 1.165) is 0 Å². The third-order valence-electron chi connectivity index (χ3n) is 1.59. The Balaban J connectivity index is 2.77. The molecule has 1 amide bonds. The van der Waals surface area contributed by atoms with Gasteiger partial charge < -0.3 is 10.1 Å². The molecule has 0 saturated heterocycles. The van der Waals surface area contributed by atoms with Gasteiger partial charge in [0.2, 0.25) is 0 Å². The number of ether oxygens (including phenoxy) is 1. The third kappa shape index (κ3) is 3.16. The number of amides is 1. The van der Waals surface area contributed by atoms with Gasteiger partial charge in [-0.2, -0.15) is 13.2 Å². The van der Waals surface area contributed by atoms with Crippen LogP contribution in [0.5, 0.6) is 5.75 Å². The van der Waals surface area contributed by atoms with Crippen LogP contribution in [0.4, 0.5) is 18.9 Å². The zero-order valence-electron chi connectivity index (χ0n) is 7.76. The van der Waals surface area contributed by atoms with Crippen molar-refractivity contribution in [2.45, 2.75) is 6.18 Å². The molecule has 82 valence electrons. The van der Waals surface area contributed by atoms with Crippen LogP contribution in [-0.4, -0.2) is 19.2 Å². The van der Waals surface area contributed by atoms with Crippen LogP contribution in [0.2, 0.25) is 0 Å². The van der Waals surface area contributed by atoms with Gasteiger partial charge in [0.25, 0.3) is 0 Å². The highest BCUT2D eigenvalue weighted by molar-refractivity contribution is 5.95. The number of carbonyl (C=O) groups is 1. The number of hydrogen-bond acceptors (Lipinski definition) is 2. The van der Waals surface area contributed by atoms with Crippen molar-refractivity contribution in [2.24, 2.45) is 0 Å². The second-order valence-electron chi connectivity index (χ2n) is 2.68. The van der Waals surface area contributed by atoms with Gasteiger partial charge in [0.1, 0.15) is 5.75 Å². The minimum Gasteiger partial charge on any atom is -0.497 e. The van der Waals surface area contributed by atoms with E-state index < -0.39 is 12.1 Å². The number of rotatable bonds is 2. The number of methoxy groups -OCH3 is 1. The predicted molar refractivity (Wildman–Crippen MR) is 47.7 cm³/mol. The second kappa shape index (κ2) is 4.20. The molecule has 0 fully saturated rings. The molecule has 15 heavy (non-hydrogen) atoms. The molecule has 0 aromatic heterocycles. The fourth-order valence-electron chi connectivity index (χ4n) is 0.903. The van der Waals surface area contributed by atoms with Crippen molar-refractivity contribution in [2.75, 3.05) is 12.4 Å². The van der Waals surface area contributed by atoms with Gasteiger partial charge in [-0.3, -0.25) is 4.79 Å². The zero-order valence-corrected chi connectivity index (χ0v) is 7.76. The molecule has 1 aromatic rings. The summed E-state index contributed by atoms with van der Waals surface area (Å²) in [4.78, 5) is 10.6. The summed E-state index contributed by atoms with van der Waals surface area (Å²) in [6.45, 7) is 0. The third-order valence-corrected chi connectivity index (χ3v) is 1.59. The fourth-order valence-corrected chi connectivity index (χ4v) is 0.903. The molecule has 1 rings (SSSR count). The molecule has 0 aliphatic rings. The second-order valence-corrected chi connectivity index (χ2v) is 2.68. The van der Waals surface area contributed by atoms with E-state index in [4.69, 9.17) is 4.74 Å². The first-order valence-electron chi connectivity index (χ1n) is 3.95. The highest BCUT2D eigenvalue weighted by Crippen LogP contribution is 2.20. The van der Waals surface area contributed by atoms with Crippen LogP contribution in [0.25, 0.3) is 0 Å². The van der Waals surface area contributed by atoms with Crippen LogP contribution < -0.4 is 10.1 Å². The van der Waals surface area contributed by atoms with Gasteiger partial charge >= 0.3 is 12.1 Å². The standard InChI is InChI=1S/C9H8F3NO2/c1-15-7-4-2-3-6(5-7)13-8(14)9(10,11)12/h2-5H,1H3,(H,13,14). The van der Waals surface area contributed by atoms with E-state index in [0.29, 0.717) is 5.75 Å². The smallest absolute Gasteiger partial charge is 0.471 e. The Kier molecular flexibility index (Phi) is 3.18. The summed E-state index contributed by atoms with van der Waals surface area (Å²) >= 11 is 0. The number of nitrogens with one attached hydrogen (secondary N) is 1. The van der Waals surface area contributed by atoms with Gasteiger partial charge in [-0.05, 0) is 12.1 Å². The first-order chi connectivity index (χ1) is 6.93. The van der Waals surface area contributed by atoms with Crippen LogP contribution in [0, 0.1) is 0 Å². The monoisotopic (exact) mass is 219 g/mol. The van der Waals surface area contributed by atoms with E-state index in [9.17, 15) is 18.0 Å². The molecule has 0 aliphatic heterocycles. The Morgan fingerprint density at radius 1 is 1.40 bits per heavy atom. The summed E-state index contributed by atoms with van der Waals surface area (Å²) in [6, 6.07) is 5.67. The van der Waals surface area contributed by atoms with Gasteiger partial charge in [0, 0.05) is 11.8 Å². The van der Waals surface area contributed by atoms with E-state index in [2.05, 4.69) is 0 Å². The van der Waals surface area contributed by atoms with Crippen molar-refractivity contribution in [3.63, 3.8) is 0 Å². The predicted octanol–water partition coefficient (Wildman–Crippen LogP) is 2.20. The van der Waals surface area contributed by atoms with Crippen molar-refractivity contribution in [1.82, 2.24) is 0 Å². The van der Waals surface area contributed by atoms with Gasteiger partial charge in [-0.25, -0.2) is 0 Å². The van der Waals surface area contributed by atoms with Gasteiger partial charge in [0.05, 0.1) is 7.11 Å². The van der Waals surface area contributed by atoms with Crippen LogP contribution >= 0.6 is 0 Å². The molecule has 0 spiro atoms. The van der Waals surface area contributed by atoms with Gasteiger partial charge in [-0.1, -0.05) is 6.07 Å². The Morgan fingerprint density at radius 3 is 2.60 bits per heavy atom. The number of anilines is 1. The number of alkyl halides is 3.